The van der Waals surface area contributed by atoms with Gasteiger partial charge in [0, 0.05) is 25.3 Å². The number of ether oxygens (including phenoxy) is 2. The van der Waals surface area contributed by atoms with E-state index in [0.29, 0.717) is 0 Å². The molecule has 0 aromatic heterocycles. The molecule has 0 heterocycles. The number of fused-ring (bicyclic) bond motifs is 1. The quantitative estimate of drug-likeness (QED) is 0.358. The van der Waals surface area contributed by atoms with Gasteiger partial charge in [-0.2, -0.15) is 0 Å². The number of methoxy groups -OCH3 is 2. The second kappa shape index (κ2) is 11.8. The zero-order valence-corrected chi connectivity index (χ0v) is 20.4. The molecule has 0 N–H and O–H groups in total. The first-order valence-corrected chi connectivity index (χ1v) is 11.0. The highest BCUT2D eigenvalue weighted by Gasteiger charge is 2.15. The van der Waals surface area contributed by atoms with E-state index in [4.69, 9.17) is 9.47 Å². The van der Waals surface area contributed by atoms with Crippen molar-refractivity contribution < 1.29 is 9.47 Å². The number of anilines is 1. The fraction of sp³-hybridized carbons (Fsp3) is 0.241. The topological polar surface area (TPSA) is 21.7 Å². The lowest BCUT2D eigenvalue weighted by Gasteiger charge is -2.20. The molecule has 0 radical (unpaired) electrons. The minimum atomic E-state index is 0.718. The number of rotatable bonds is 7. The van der Waals surface area contributed by atoms with E-state index in [2.05, 4.69) is 87.1 Å². The monoisotopic (exact) mass is 429 g/mol. The van der Waals surface area contributed by atoms with Gasteiger partial charge in [0.25, 0.3) is 0 Å². The maximum absolute atomic E-state index is 5.57. The van der Waals surface area contributed by atoms with Gasteiger partial charge in [0.05, 0.1) is 14.2 Å². The van der Waals surface area contributed by atoms with E-state index >= 15 is 0 Å². The molecule has 3 aromatic carbocycles. The Morgan fingerprint density at radius 2 is 1.59 bits per heavy atom. The number of nitrogens with zero attached hydrogens (tertiary/aromatic N) is 1. The van der Waals surface area contributed by atoms with Gasteiger partial charge in [-0.3, -0.25) is 0 Å². The minimum Gasteiger partial charge on any atom is -0.493 e. The molecule has 3 rings (SSSR count). The van der Waals surface area contributed by atoms with Gasteiger partial charge in [-0.1, -0.05) is 62.9 Å². The Hall–Kier alpha value is -3.46. The van der Waals surface area contributed by atoms with E-state index in [-0.39, 0.29) is 0 Å². The van der Waals surface area contributed by atoms with Gasteiger partial charge in [0.2, 0.25) is 0 Å². The lowest BCUT2D eigenvalue weighted by atomic mass is 9.91. The van der Waals surface area contributed by atoms with E-state index in [1.165, 1.54) is 11.3 Å². The Kier molecular flexibility index (Phi) is 9.15. The van der Waals surface area contributed by atoms with Gasteiger partial charge in [-0.05, 0) is 64.7 Å². The first kappa shape index (κ1) is 24.8. The molecule has 0 saturated heterocycles. The standard InChI is InChI=1S/C27H29NO2.C2H6/c1-7-9-12-19(8-2)23-16-20(22-13-10-11-14-25(22)28(3)4)15-21-17-26(29-5)27(30-6)18-24(21)23;1-2/h7-18H,1H2,2-6H3;1-2H3/b12-9-,19-8+;. The van der Waals surface area contributed by atoms with Crippen molar-refractivity contribution >= 4 is 22.0 Å². The summed E-state index contributed by atoms with van der Waals surface area (Å²) in [6, 6.07) is 17.0. The average molecular weight is 430 g/mol. The molecule has 0 aliphatic heterocycles. The molecule has 0 aliphatic carbocycles. The summed E-state index contributed by atoms with van der Waals surface area (Å²) in [6.07, 6.45) is 7.95. The van der Waals surface area contributed by atoms with Crippen molar-refractivity contribution in [1.82, 2.24) is 0 Å². The molecular formula is C29H35NO2. The Morgan fingerprint density at radius 3 is 2.19 bits per heavy atom. The van der Waals surface area contributed by atoms with Crippen LogP contribution in [0.3, 0.4) is 0 Å². The van der Waals surface area contributed by atoms with Crippen molar-refractivity contribution in [1.29, 1.82) is 0 Å². The third kappa shape index (κ3) is 5.23. The smallest absolute Gasteiger partial charge is 0.161 e. The van der Waals surface area contributed by atoms with Crippen LogP contribution in [0.25, 0.3) is 27.5 Å². The molecule has 0 bridgehead atoms. The van der Waals surface area contributed by atoms with Crippen molar-refractivity contribution in [3.63, 3.8) is 0 Å². The van der Waals surface area contributed by atoms with E-state index < -0.39 is 0 Å². The molecular weight excluding hydrogens is 394 g/mol. The number of para-hydroxylation sites is 1. The molecule has 0 fully saturated rings. The Labute approximate surface area is 193 Å². The maximum atomic E-state index is 5.57. The highest BCUT2D eigenvalue weighted by molar-refractivity contribution is 6.01. The predicted octanol–water partition coefficient (Wildman–Crippen LogP) is 7.76. The third-order valence-corrected chi connectivity index (χ3v) is 5.19. The van der Waals surface area contributed by atoms with Crippen LogP contribution in [0.15, 0.2) is 79.4 Å². The minimum absolute atomic E-state index is 0.718. The second-order valence-corrected chi connectivity index (χ2v) is 7.20. The third-order valence-electron chi connectivity index (χ3n) is 5.19. The molecule has 0 amide bonds. The normalized spacial score (nSPS) is 11.2. The van der Waals surface area contributed by atoms with E-state index in [9.17, 15) is 0 Å². The fourth-order valence-electron chi connectivity index (χ4n) is 3.71. The summed E-state index contributed by atoms with van der Waals surface area (Å²) in [4.78, 5) is 2.14. The van der Waals surface area contributed by atoms with Crippen molar-refractivity contribution in [2.24, 2.45) is 0 Å². The average Bonchev–Trinajstić information content (AvgIpc) is 2.84. The molecule has 3 nitrogen and oxygen atoms in total. The van der Waals surface area contributed by atoms with Crippen LogP contribution in [0.1, 0.15) is 26.3 Å². The molecule has 0 spiro atoms. The zero-order valence-electron chi connectivity index (χ0n) is 20.4. The van der Waals surface area contributed by atoms with Crippen LogP contribution in [0.4, 0.5) is 5.69 Å². The molecule has 32 heavy (non-hydrogen) atoms. The van der Waals surface area contributed by atoms with Crippen molar-refractivity contribution in [2.75, 3.05) is 33.2 Å². The molecule has 0 atom stereocenters. The van der Waals surface area contributed by atoms with Crippen LogP contribution in [0.2, 0.25) is 0 Å². The van der Waals surface area contributed by atoms with Gasteiger partial charge in [0.15, 0.2) is 11.5 Å². The number of hydrogen-bond donors (Lipinski definition) is 0. The van der Waals surface area contributed by atoms with Gasteiger partial charge < -0.3 is 14.4 Å². The number of allylic oxidation sites excluding steroid dienone is 5. The largest absolute Gasteiger partial charge is 0.493 e. The summed E-state index contributed by atoms with van der Waals surface area (Å²) < 4.78 is 11.1. The summed E-state index contributed by atoms with van der Waals surface area (Å²) >= 11 is 0. The van der Waals surface area contributed by atoms with Crippen LogP contribution in [-0.4, -0.2) is 28.3 Å². The van der Waals surface area contributed by atoms with Crippen molar-refractivity contribution in [3.8, 4) is 22.6 Å². The Balaban J connectivity index is 0.00000176. The molecule has 0 aliphatic rings. The molecule has 3 heteroatoms. The van der Waals surface area contributed by atoms with Gasteiger partial charge >= 0.3 is 0 Å². The summed E-state index contributed by atoms with van der Waals surface area (Å²) in [5.41, 5.74) is 5.77. The molecule has 3 aromatic rings. The first-order valence-electron chi connectivity index (χ1n) is 11.0. The number of benzene rings is 3. The van der Waals surface area contributed by atoms with Crippen LogP contribution < -0.4 is 14.4 Å². The van der Waals surface area contributed by atoms with Crippen LogP contribution in [0, 0.1) is 0 Å². The molecule has 168 valence electrons. The van der Waals surface area contributed by atoms with Crippen LogP contribution >= 0.6 is 0 Å². The van der Waals surface area contributed by atoms with Crippen molar-refractivity contribution in [2.45, 2.75) is 20.8 Å². The SMILES string of the molecule is C=C/C=C\C(=C/C)c1cc(-c2ccccc2N(C)C)cc2cc(OC)c(OC)cc12.CC. The maximum Gasteiger partial charge on any atom is 0.161 e. The summed E-state index contributed by atoms with van der Waals surface area (Å²) in [7, 11) is 7.47. The first-order chi connectivity index (χ1) is 15.5. The summed E-state index contributed by atoms with van der Waals surface area (Å²) in [5.74, 6) is 1.44. The van der Waals surface area contributed by atoms with Crippen LogP contribution in [-0.2, 0) is 0 Å². The Morgan fingerprint density at radius 1 is 0.938 bits per heavy atom. The highest BCUT2D eigenvalue weighted by Crippen LogP contribution is 2.40. The van der Waals surface area contributed by atoms with Gasteiger partial charge in [-0.15, -0.1) is 0 Å². The second-order valence-electron chi connectivity index (χ2n) is 7.20. The summed E-state index contributed by atoms with van der Waals surface area (Å²) in [5, 5.41) is 2.21. The van der Waals surface area contributed by atoms with Gasteiger partial charge in [-0.25, -0.2) is 0 Å². The summed E-state index contributed by atoms with van der Waals surface area (Å²) in [6.45, 7) is 9.86. The lowest BCUT2D eigenvalue weighted by molar-refractivity contribution is 0.356. The zero-order chi connectivity index (χ0) is 23.7. The van der Waals surface area contributed by atoms with E-state index in [1.54, 1.807) is 20.3 Å². The van der Waals surface area contributed by atoms with Gasteiger partial charge in [0.1, 0.15) is 0 Å². The van der Waals surface area contributed by atoms with Crippen molar-refractivity contribution in [3.05, 3.63) is 85.0 Å². The highest BCUT2D eigenvalue weighted by atomic mass is 16.5. The molecule has 0 unspecified atom stereocenters. The number of hydrogen-bond acceptors (Lipinski definition) is 3. The predicted molar refractivity (Wildman–Crippen MR) is 141 cm³/mol. The fourth-order valence-corrected chi connectivity index (χ4v) is 3.71. The van der Waals surface area contributed by atoms with Crippen LogP contribution in [0.5, 0.6) is 11.5 Å². The molecule has 0 saturated carbocycles. The van der Waals surface area contributed by atoms with E-state index in [1.807, 2.05) is 26.0 Å². The van der Waals surface area contributed by atoms with E-state index in [0.717, 1.165) is 39.0 Å². The lowest BCUT2D eigenvalue weighted by Crippen LogP contribution is -2.09. The Bertz CT molecular complexity index is 1120.